The lowest BCUT2D eigenvalue weighted by Crippen LogP contribution is -2.65. The van der Waals surface area contributed by atoms with Crippen LogP contribution in [0.25, 0.3) is 10.1 Å². The van der Waals surface area contributed by atoms with Gasteiger partial charge in [0.25, 0.3) is 6.71 Å². The summed E-state index contributed by atoms with van der Waals surface area (Å²) < 4.78 is 2.97. The van der Waals surface area contributed by atoms with Crippen molar-refractivity contribution in [3.8, 4) is 0 Å². The fourth-order valence-corrected chi connectivity index (χ4v) is 14.0. The van der Waals surface area contributed by atoms with E-state index in [1.165, 1.54) is 95.4 Å². The maximum absolute atomic E-state index is 2.94. The highest BCUT2D eigenvalue weighted by Crippen LogP contribution is 2.68. The highest BCUT2D eigenvalue weighted by Gasteiger charge is 2.67. The summed E-state index contributed by atoms with van der Waals surface area (Å²) in [6.07, 6.45) is 10.2. The number of para-hydroxylation sites is 2. The summed E-state index contributed by atoms with van der Waals surface area (Å²) in [4.78, 5) is 8.32. The lowest BCUT2D eigenvalue weighted by Gasteiger charge is -2.53. The standard InChI is InChI=1S/C48H46BN3S/c1-45-25-13-15-27-47(45,3)51-38-29-33(50(31-17-7-5-8-18-31)32-19-9-6-10-20-32)23-24-37(38)49-40-42(51)35(45)30-36-43(40)52(48(4)28-16-14-26-46(36,48)2)41-34-21-11-12-22-39(34)53-44(41)49/h5-12,17-24,29-30H,13-16,25-28H2,1-4H3. The van der Waals surface area contributed by atoms with E-state index in [-0.39, 0.29) is 28.6 Å². The van der Waals surface area contributed by atoms with E-state index in [1.54, 1.807) is 32.7 Å². The molecule has 6 aromatic rings. The number of thiophene rings is 1. The Morgan fingerprint density at radius 2 is 1.13 bits per heavy atom. The fraction of sp³-hybridized carbons (Fsp3) is 0.333. The first-order valence-electron chi connectivity index (χ1n) is 20.2. The molecule has 0 bridgehead atoms. The van der Waals surface area contributed by atoms with Crippen LogP contribution in [0, 0.1) is 0 Å². The van der Waals surface area contributed by atoms with Gasteiger partial charge in [0.1, 0.15) is 0 Å². The number of benzene rings is 5. The molecule has 4 aliphatic heterocycles. The molecular formula is C48H46BN3S. The van der Waals surface area contributed by atoms with E-state index in [2.05, 4.69) is 163 Å². The summed E-state index contributed by atoms with van der Waals surface area (Å²) >= 11 is 2.07. The van der Waals surface area contributed by atoms with Crippen molar-refractivity contribution in [3.63, 3.8) is 0 Å². The van der Waals surface area contributed by atoms with Gasteiger partial charge in [0.15, 0.2) is 0 Å². The maximum atomic E-state index is 2.94. The molecule has 5 heteroatoms. The lowest BCUT2D eigenvalue weighted by atomic mass is 9.36. The smallest absolute Gasteiger partial charge is 0.264 e. The van der Waals surface area contributed by atoms with Crippen LogP contribution in [0.15, 0.2) is 109 Å². The van der Waals surface area contributed by atoms with E-state index in [9.17, 15) is 0 Å². The molecule has 5 heterocycles. The van der Waals surface area contributed by atoms with E-state index >= 15 is 0 Å². The van der Waals surface area contributed by atoms with E-state index < -0.39 is 0 Å². The number of fused-ring (bicyclic) bond motifs is 14. The molecule has 0 N–H and O–H groups in total. The zero-order valence-corrected chi connectivity index (χ0v) is 32.2. The predicted molar refractivity (Wildman–Crippen MR) is 227 cm³/mol. The van der Waals surface area contributed by atoms with Gasteiger partial charge in [0.2, 0.25) is 0 Å². The SMILES string of the molecule is CC12CCCCC1(C)N1c3cc(N(c4ccccc4)c4ccccc4)ccc3B3c4sc5ccccc5c4N4c5c(cc2c1c53)C1(C)CCCCC41C. The lowest BCUT2D eigenvalue weighted by molar-refractivity contribution is 0.190. The minimum absolute atomic E-state index is 0.0100. The third kappa shape index (κ3) is 3.51. The molecule has 5 aromatic carbocycles. The van der Waals surface area contributed by atoms with Crippen molar-refractivity contribution >= 4 is 83.6 Å². The van der Waals surface area contributed by atoms with Gasteiger partial charge in [-0.25, -0.2) is 0 Å². The zero-order chi connectivity index (χ0) is 35.5. The highest BCUT2D eigenvalue weighted by molar-refractivity contribution is 7.33. The van der Waals surface area contributed by atoms with Gasteiger partial charge < -0.3 is 14.7 Å². The second-order valence-corrected chi connectivity index (χ2v) is 19.0. The molecule has 0 spiro atoms. The third-order valence-corrected chi connectivity index (χ3v) is 16.9. The van der Waals surface area contributed by atoms with Gasteiger partial charge >= 0.3 is 0 Å². The van der Waals surface area contributed by atoms with E-state index in [4.69, 9.17) is 0 Å². The van der Waals surface area contributed by atoms with Gasteiger partial charge in [0, 0.05) is 59.8 Å². The molecule has 2 fully saturated rings. The Balaban J connectivity index is 1.20. The molecule has 4 unspecified atom stereocenters. The Labute approximate surface area is 318 Å². The van der Waals surface area contributed by atoms with E-state index in [0.29, 0.717) is 0 Å². The minimum Gasteiger partial charge on any atom is -0.335 e. The molecule has 6 aliphatic rings. The fourth-order valence-electron chi connectivity index (χ4n) is 12.7. The van der Waals surface area contributed by atoms with Crippen LogP contribution in [-0.4, -0.2) is 17.8 Å². The Morgan fingerprint density at radius 3 is 1.79 bits per heavy atom. The molecule has 0 saturated heterocycles. The van der Waals surface area contributed by atoms with Gasteiger partial charge in [-0.3, -0.25) is 0 Å². The predicted octanol–water partition coefficient (Wildman–Crippen LogP) is 11.0. The molecular weight excluding hydrogens is 661 g/mol. The molecule has 1 aromatic heterocycles. The van der Waals surface area contributed by atoms with Crippen LogP contribution in [0.1, 0.15) is 90.2 Å². The van der Waals surface area contributed by atoms with E-state index in [0.717, 1.165) is 0 Å². The van der Waals surface area contributed by atoms with Crippen LogP contribution in [-0.2, 0) is 10.8 Å². The Hall–Kier alpha value is -4.48. The molecule has 4 atom stereocenters. The van der Waals surface area contributed by atoms with Crippen molar-refractivity contribution in [3.05, 3.63) is 120 Å². The Bertz CT molecular complexity index is 2490. The summed E-state index contributed by atoms with van der Waals surface area (Å²) in [7, 11) is 0. The Morgan fingerprint density at radius 1 is 0.566 bits per heavy atom. The average Bonchev–Trinajstić information content (AvgIpc) is 3.74. The molecule has 2 saturated carbocycles. The second-order valence-electron chi connectivity index (χ2n) is 17.9. The molecule has 262 valence electrons. The summed E-state index contributed by atoms with van der Waals surface area (Å²) in [5.41, 5.74) is 16.2. The largest absolute Gasteiger partial charge is 0.335 e. The van der Waals surface area contributed by atoms with Crippen molar-refractivity contribution in [1.29, 1.82) is 0 Å². The van der Waals surface area contributed by atoms with Gasteiger partial charge in [-0.1, -0.05) is 106 Å². The molecule has 53 heavy (non-hydrogen) atoms. The van der Waals surface area contributed by atoms with Crippen molar-refractivity contribution in [2.75, 3.05) is 14.7 Å². The number of rotatable bonds is 3. The summed E-state index contributed by atoms with van der Waals surface area (Å²) in [5.74, 6) is 0. The van der Waals surface area contributed by atoms with Crippen LogP contribution in [0.3, 0.4) is 0 Å². The first kappa shape index (κ1) is 30.9. The highest BCUT2D eigenvalue weighted by atomic mass is 32.1. The first-order chi connectivity index (χ1) is 25.8. The van der Waals surface area contributed by atoms with Gasteiger partial charge in [0.05, 0.1) is 16.8 Å². The van der Waals surface area contributed by atoms with Crippen LogP contribution in [0.4, 0.5) is 39.8 Å². The van der Waals surface area contributed by atoms with Crippen molar-refractivity contribution in [1.82, 2.24) is 0 Å². The number of hydrogen-bond acceptors (Lipinski definition) is 4. The Kier molecular flexibility index (Phi) is 5.94. The van der Waals surface area contributed by atoms with Gasteiger partial charge in [-0.2, -0.15) is 0 Å². The van der Waals surface area contributed by atoms with Crippen LogP contribution in [0.5, 0.6) is 0 Å². The summed E-state index contributed by atoms with van der Waals surface area (Å²) in [6, 6.07) is 41.5. The average molecular weight is 708 g/mol. The number of nitrogens with zero attached hydrogens (tertiary/aromatic N) is 3. The quantitative estimate of drug-likeness (QED) is 0.170. The van der Waals surface area contributed by atoms with Crippen molar-refractivity contribution in [2.24, 2.45) is 0 Å². The molecule has 2 aliphatic carbocycles. The summed E-state index contributed by atoms with van der Waals surface area (Å²) in [5, 5.41) is 1.44. The normalized spacial score (nSPS) is 28.3. The second kappa shape index (κ2) is 10.2. The number of anilines is 7. The van der Waals surface area contributed by atoms with Crippen LogP contribution in [0.2, 0.25) is 0 Å². The molecule has 12 rings (SSSR count). The molecule has 0 amide bonds. The van der Waals surface area contributed by atoms with Crippen molar-refractivity contribution < 1.29 is 0 Å². The molecule has 0 radical (unpaired) electrons. The monoisotopic (exact) mass is 707 g/mol. The van der Waals surface area contributed by atoms with Crippen molar-refractivity contribution in [2.45, 2.75) is 101 Å². The summed E-state index contributed by atoms with van der Waals surface area (Å²) in [6.45, 7) is 10.8. The topological polar surface area (TPSA) is 9.72 Å². The first-order valence-corrected chi connectivity index (χ1v) is 21.0. The van der Waals surface area contributed by atoms with Crippen LogP contribution < -0.4 is 30.4 Å². The third-order valence-electron chi connectivity index (χ3n) is 15.7. The number of hydrogen-bond donors (Lipinski definition) is 0. The van der Waals surface area contributed by atoms with E-state index in [1.807, 2.05) is 0 Å². The van der Waals surface area contributed by atoms with Crippen LogP contribution >= 0.6 is 11.3 Å². The van der Waals surface area contributed by atoms with Gasteiger partial charge in [-0.05, 0) is 104 Å². The van der Waals surface area contributed by atoms with Gasteiger partial charge in [-0.15, -0.1) is 11.3 Å². The maximum Gasteiger partial charge on any atom is 0.264 e. The zero-order valence-electron chi connectivity index (χ0n) is 31.4. The molecule has 3 nitrogen and oxygen atoms in total. The minimum atomic E-state index is -0.0100.